The van der Waals surface area contributed by atoms with Gasteiger partial charge in [0.25, 0.3) is 0 Å². The molecule has 5 heteroatoms. The average molecular weight is 170 g/mol. The number of alkyl halides is 2. The first-order valence-corrected chi connectivity index (χ1v) is 4.80. The van der Waals surface area contributed by atoms with Gasteiger partial charge in [-0.1, -0.05) is 0 Å². The maximum atomic E-state index is 12.3. The van der Waals surface area contributed by atoms with Gasteiger partial charge in [0.05, 0.1) is 11.5 Å². The Morgan fingerprint density at radius 1 is 1.10 bits per heavy atom. The Hall–Kier alpha value is -0.190. The van der Waals surface area contributed by atoms with Gasteiger partial charge >= 0.3 is 0 Å². The van der Waals surface area contributed by atoms with Gasteiger partial charge in [-0.15, -0.1) is 0 Å². The molecule has 2 atom stereocenters. The first-order chi connectivity index (χ1) is 4.49. The molecule has 1 heterocycles. The zero-order valence-electron chi connectivity index (χ0n) is 5.26. The summed E-state index contributed by atoms with van der Waals surface area (Å²) < 4.78 is 45.8. The molecule has 0 amide bonds. The first-order valence-electron chi connectivity index (χ1n) is 2.98. The summed E-state index contributed by atoms with van der Waals surface area (Å²) in [5.74, 6) is -1.01. The molecular formula is C5H8F2O2S. The van der Waals surface area contributed by atoms with Crippen LogP contribution in [0.5, 0.6) is 0 Å². The molecule has 0 aromatic rings. The number of sulfone groups is 1. The third-order valence-electron chi connectivity index (χ3n) is 1.38. The summed E-state index contributed by atoms with van der Waals surface area (Å²) in [5, 5.41) is 0. The summed E-state index contributed by atoms with van der Waals surface area (Å²) in [6.07, 6.45) is -3.28. The monoisotopic (exact) mass is 170 g/mol. The Kier molecular flexibility index (Phi) is 1.94. The minimum atomic E-state index is -3.43. The van der Waals surface area contributed by atoms with Crippen molar-refractivity contribution in [2.75, 3.05) is 11.5 Å². The van der Waals surface area contributed by atoms with Crippen molar-refractivity contribution < 1.29 is 17.2 Å². The minimum Gasteiger partial charge on any atom is -0.246 e. The van der Waals surface area contributed by atoms with Crippen molar-refractivity contribution in [2.24, 2.45) is 0 Å². The van der Waals surface area contributed by atoms with Gasteiger partial charge in [-0.25, -0.2) is 17.2 Å². The SMILES string of the molecule is O=S1(=O)CC(F)CC(F)C1. The van der Waals surface area contributed by atoms with E-state index >= 15 is 0 Å². The standard InChI is InChI=1S/C5H8F2O2S/c6-4-1-5(7)3-10(8,9)2-4/h4-5H,1-3H2. The molecule has 2 nitrogen and oxygen atoms in total. The Morgan fingerprint density at radius 3 is 1.80 bits per heavy atom. The maximum absolute atomic E-state index is 12.3. The second-order valence-electron chi connectivity index (χ2n) is 2.51. The Morgan fingerprint density at radius 2 is 1.50 bits per heavy atom. The van der Waals surface area contributed by atoms with Crippen LogP contribution in [0.4, 0.5) is 8.78 Å². The van der Waals surface area contributed by atoms with Crippen LogP contribution >= 0.6 is 0 Å². The molecule has 2 unspecified atom stereocenters. The molecule has 0 N–H and O–H groups in total. The van der Waals surface area contributed by atoms with E-state index in [0.29, 0.717) is 0 Å². The molecule has 10 heavy (non-hydrogen) atoms. The molecular weight excluding hydrogens is 162 g/mol. The fourth-order valence-corrected chi connectivity index (χ4v) is 2.54. The lowest BCUT2D eigenvalue weighted by molar-refractivity contribution is 0.237. The zero-order valence-corrected chi connectivity index (χ0v) is 6.07. The molecule has 1 fully saturated rings. The van der Waals surface area contributed by atoms with E-state index in [4.69, 9.17) is 0 Å². The van der Waals surface area contributed by atoms with Crippen LogP contribution in [-0.4, -0.2) is 32.3 Å². The van der Waals surface area contributed by atoms with Crippen LogP contribution in [0, 0.1) is 0 Å². The fraction of sp³-hybridized carbons (Fsp3) is 1.00. The maximum Gasteiger partial charge on any atom is 0.156 e. The molecule has 0 aliphatic carbocycles. The van der Waals surface area contributed by atoms with Crippen molar-refractivity contribution in [3.63, 3.8) is 0 Å². The highest BCUT2D eigenvalue weighted by Gasteiger charge is 2.31. The summed E-state index contributed by atoms with van der Waals surface area (Å²) in [4.78, 5) is 0. The molecule has 1 aliphatic heterocycles. The van der Waals surface area contributed by atoms with Gasteiger partial charge < -0.3 is 0 Å². The van der Waals surface area contributed by atoms with E-state index in [2.05, 4.69) is 0 Å². The molecule has 0 bridgehead atoms. The lowest BCUT2D eigenvalue weighted by Gasteiger charge is -2.18. The number of halogens is 2. The molecule has 0 saturated carbocycles. The van der Waals surface area contributed by atoms with E-state index < -0.39 is 33.7 Å². The van der Waals surface area contributed by atoms with Crippen LogP contribution in [0.25, 0.3) is 0 Å². The van der Waals surface area contributed by atoms with Crippen molar-refractivity contribution in [2.45, 2.75) is 18.8 Å². The topological polar surface area (TPSA) is 34.1 Å². The Balaban J connectivity index is 2.69. The van der Waals surface area contributed by atoms with Crippen molar-refractivity contribution in [1.29, 1.82) is 0 Å². The summed E-state index contributed by atoms with van der Waals surface area (Å²) in [6, 6.07) is 0. The van der Waals surface area contributed by atoms with Crippen molar-refractivity contribution in [3.05, 3.63) is 0 Å². The predicted octanol–water partition coefficient (Wildman–Crippen LogP) is 0.481. The van der Waals surface area contributed by atoms with E-state index in [-0.39, 0.29) is 6.42 Å². The third kappa shape index (κ3) is 1.90. The predicted molar refractivity (Wildman–Crippen MR) is 33.1 cm³/mol. The van der Waals surface area contributed by atoms with Crippen molar-refractivity contribution in [1.82, 2.24) is 0 Å². The lowest BCUT2D eigenvalue weighted by atomic mass is 10.2. The number of hydrogen-bond donors (Lipinski definition) is 0. The second kappa shape index (κ2) is 2.45. The third-order valence-corrected chi connectivity index (χ3v) is 3.12. The second-order valence-corrected chi connectivity index (χ2v) is 4.66. The molecule has 0 aromatic carbocycles. The molecule has 0 spiro atoms. The first kappa shape index (κ1) is 7.91. The Bertz CT molecular complexity index is 196. The van der Waals surface area contributed by atoms with Crippen molar-refractivity contribution in [3.8, 4) is 0 Å². The van der Waals surface area contributed by atoms with Crippen LogP contribution < -0.4 is 0 Å². The Labute approximate surface area is 58.1 Å². The van der Waals surface area contributed by atoms with Crippen LogP contribution in [0.2, 0.25) is 0 Å². The number of rotatable bonds is 0. The molecule has 1 saturated heterocycles. The van der Waals surface area contributed by atoms with Crippen LogP contribution in [0.3, 0.4) is 0 Å². The van der Waals surface area contributed by atoms with E-state index in [1.54, 1.807) is 0 Å². The van der Waals surface area contributed by atoms with Gasteiger partial charge in [-0.3, -0.25) is 0 Å². The van der Waals surface area contributed by atoms with Gasteiger partial charge in [0.1, 0.15) is 12.3 Å². The largest absolute Gasteiger partial charge is 0.246 e. The highest BCUT2D eigenvalue weighted by molar-refractivity contribution is 7.91. The zero-order chi connectivity index (χ0) is 7.78. The molecule has 0 aromatic heterocycles. The highest BCUT2D eigenvalue weighted by Crippen LogP contribution is 2.17. The molecule has 0 radical (unpaired) electrons. The van der Waals surface area contributed by atoms with Crippen molar-refractivity contribution >= 4 is 9.84 Å². The summed E-state index contributed by atoms with van der Waals surface area (Å²) >= 11 is 0. The van der Waals surface area contributed by atoms with Crippen LogP contribution in [-0.2, 0) is 9.84 Å². The quantitative estimate of drug-likeness (QED) is 0.530. The summed E-state index contributed by atoms with van der Waals surface area (Å²) in [5.41, 5.74) is 0. The molecule has 1 rings (SSSR count). The van der Waals surface area contributed by atoms with Crippen LogP contribution in [0.15, 0.2) is 0 Å². The van der Waals surface area contributed by atoms with Gasteiger partial charge in [-0.2, -0.15) is 0 Å². The fourth-order valence-electron chi connectivity index (χ4n) is 1.03. The smallest absolute Gasteiger partial charge is 0.156 e. The summed E-state index contributed by atoms with van der Waals surface area (Å²) in [6.45, 7) is 0. The normalized spacial score (nSPS) is 39.4. The highest BCUT2D eigenvalue weighted by atomic mass is 32.2. The van der Waals surface area contributed by atoms with E-state index in [1.807, 2.05) is 0 Å². The van der Waals surface area contributed by atoms with Gasteiger partial charge in [0.15, 0.2) is 9.84 Å². The number of hydrogen-bond acceptors (Lipinski definition) is 2. The average Bonchev–Trinajstić information content (AvgIpc) is 1.54. The summed E-state index contributed by atoms with van der Waals surface area (Å²) in [7, 11) is -3.43. The van der Waals surface area contributed by atoms with Gasteiger partial charge in [-0.05, 0) is 0 Å². The van der Waals surface area contributed by atoms with Gasteiger partial charge in [0.2, 0.25) is 0 Å². The molecule has 60 valence electrons. The van der Waals surface area contributed by atoms with Gasteiger partial charge in [0, 0.05) is 6.42 Å². The lowest BCUT2D eigenvalue weighted by Crippen LogP contribution is -2.33. The molecule has 1 aliphatic rings. The van der Waals surface area contributed by atoms with E-state index in [0.717, 1.165) is 0 Å². The van der Waals surface area contributed by atoms with E-state index in [9.17, 15) is 17.2 Å². The minimum absolute atomic E-state index is 0.265. The van der Waals surface area contributed by atoms with E-state index in [1.165, 1.54) is 0 Å². The van der Waals surface area contributed by atoms with Crippen LogP contribution in [0.1, 0.15) is 6.42 Å².